The van der Waals surface area contributed by atoms with Crippen molar-refractivity contribution in [1.82, 2.24) is 3.71 Å². The first-order valence-electron chi connectivity index (χ1n) is 3.95. The normalized spacial score (nSPS) is 12.5. The smallest absolute Gasteiger partial charge is 0.224 e. The summed E-state index contributed by atoms with van der Waals surface area (Å²) in [4.78, 5) is 3.41. The molecule has 88 valence electrons. The average Bonchev–Trinajstić information content (AvgIpc) is 1.99. The van der Waals surface area contributed by atoms with Crippen LogP contribution in [0.3, 0.4) is 0 Å². The van der Waals surface area contributed by atoms with E-state index < -0.39 is 20.0 Å². The van der Waals surface area contributed by atoms with Gasteiger partial charge in [0, 0.05) is 6.54 Å². The third-order valence-corrected chi connectivity index (χ3v) is 4.90. The molecular weight excluding hydrogens is 242 g/mol. The second-order valence-electron chi connectivity index (χ2n) is 2.87. The molecule has 0 saturated heterocycles. The van der Waals surface area contributed by atoms with Crippen LogP contribution >= 0.6 is 0 Å². The number of aliphatic imine (C=N–C) groups is 1. The lowest BCUT2D eigenvalue weighted by Crippen LogP contribution is -2.36. The van der Waals surface area contributed by atoms with Crippen molar-refractivity contribution in [2.24, 2.45) is 4.99 Å². The van der Waals surface area contributed by atoms with Crippen LogP contribution in [0.1, 0.15) is 6.42 Å². The fourth-order valence-corrected chi connectivity index (χ4v) is 3.80. The molecule has 7 nitrogen and oxygen atoms in total. The highest BCUT2D eigenvalue weighted by Crippen LogP contribution is 2.05. The fourth-order valence-electron chi connectivity index (χ4n) is 0.912. The van der Waals surface area contributed by atoms with Gasteiger partial charge in [-0.3, -0.25) is 0 Å². The van der Waals surface area contributed by atoms with Gasteiger partial charge in [-0.05, 0) is 6.42 Å². The average molecular weight is 255 g/mol. The minimum atomic E-state index is -3.77. The van der Waals surface area contributed by atoms with Gasteiger partial charge in [0.1, 0.15) is 0 Å². The molecule has 0 unspecified atom stereocenters. The quantitative estimate of drug-likeness (QED) is 0.502. The van der Waals surface area contributed by atoms with Crippen molar-refractivity contribution >= 4 is 26.1 Å². The molecule has 0 aromatic heterocycles. The monoisotopic (exact) mass is 255 g/mol. The maximum atomic E-state index is 11.1. The lowest BCUT2D eigenvalue weighted by molar-refractivity contribution is 0.500. The van der Waals surface area contributed by atoms with Crippen molar-refractivity contribution in [3.05, 3.63) is 0 Å². The Kier molecular flexibility index (Phi) is 5.09. The summed E-state index contributed by atoms with van der Waals surface area (Å²) in [5, 5.41) is 6.47. The minimum Gasteiger partial charge on any atom is -0.242 e. The topological polar surface area (TPSA) is 108 Å². The van der Waals surface area contributed by atoms with E-state index in [4.69, 9.17) is 5.41 Å². The van der Waals surface area contributed by atoms with Crippen LogP contribution in [0.5, 0.6) is 0 Å². The van der Waals surface area contributed by atoms with E-state index in [-0.39, 0.29) is 19.5 Å². The molecule has 0 aliphatic heterocycles. The molecule has 9 heteroatoms. The van der Waals surface area contributed by atoms with Crippen LogP contribution in [-0.2, 0) is 20.0 Å². The Morgan fingerprint density at radius 2 is 1.67 bits per heavy atom. The van der Waals surface area contributed by atoms with E-state index in [2.05, 4.69) is 4.99 Å². The zero-order valence-electron chi connectivity index (χ0n) is 8.47. The predicted octanol–water partition coefficient (Wildman–Crippen LogP) is -0.650. The summed E-state index contributed by atoms with van der Waals surface area (Å²) in [5.41, 5.74) is 0. The van der Waals surface area contributed by atoms with Gasteiger partial charge in [0.25, 0.3) is 0 Å². The van der Waals surface area contributed by atoms with Crippen molar-refractivity contribution in [2.45, 2.75) is 6.42 Å². The Labute approximate surface area is 89.4 Å². The van der Waals surface area contributed by atoms with E-state index >= 15 is 0 Å². The van der Waals surface area contributed by atoms with Crippen LogP contribution in [0.15, 0.2) is 4.99 Å². The number of rotatable bonds is 6. The molecule has 0 aromatic carbocycles. The van der Waals surface area contributed by atoms with E-state index in [1.54, 1.807) is 6.01 Å². The summed E-state index contributed by atoms with van der Waals surface area (Å²) >= 11 is 0. The van der Waals surface area contributed by atoms with Crippen molar-refractivity contribution in [1.29, 1.82) is 5.41 Å². The number of hydrogen-bond donors (Lipinski definition) is 1. The molecule has 0 atom stereocenters. The highest BCUT2D eigenvalue weighted by atomic mass is 32.3. The Morgan fingerprint density at radius 3 is 2.00 bits per heavy atom. The zero-order valence-corrected chi connectivity index (χ0v) is 10.1. The molecule has 0 amide bonds. The first-order valence-corrected chi connectivity index (χ1v) is 7.65. The summed E-state index contributed by atoms with van der Waals surface area (Å²) in [6.45, 7) is 0.00782. The van der Waals surface area contributed by atoms with Gasteiger partial charge in [0.15, 0.2) is 0 Å². The highest BCUT2D eigenvalue weighted by molar-refractivity contribution is 8.03. The van der Waals surface area contributed by atoms with E-state index in [0.717, 1.165) is 12.5 Å². The standard InChI is InChI=1S/C6H13N3O4S2/c1-14(10,11)9(15(2,12)13)5-3-4-8-6-7/h7H,3-5H2,1-2H3. The Hall–Kier alpha value is -0.760. The maximum absolute atomic E-state index is 11.1. The van der Waals surface area contributed by atoms with Gasteiger partial charge >= 0.3 is 0 Å². The lowest BCUT2D eigenvalue weighted by Gasteiger charge is -2.16. The number of nitrogens with zero attached hydrogens (tertiary/aromatic N) is 2. The van der Waals surface area contributed by atoms with Crippen molar-refractivity contribution in [3.63, 3.8) is 0 Å². The number of nitrogens with one attached hydrogen (secondary N) is 1. The number of sulfonamides is 2. The first-order chi connectivity index (χ1) is 6.69. The molecular formula is C6H13N3O4S2. The summed E-state index contributed by atoms with van der Waals surface area (Å²) in [7, 11) is -7.55. The van der Waals surface area contributed by atoms with Crippen molar-refractivity contribution in [2.75, 3.05) is 25.6 Å². The van der Waals surface area contributed by atoms with Crippen molar-refractivity contribution < 1.29 is 16.8 Å². The van der Waals surface area contributed by atoms with Crippen LogP contribution < -0.4 is 0 Å². The van der Waals surface area contributed by atoms with Crippen molar-refractivity contribution in [3.8, 4) is 0 Å². The van der Waals surface area contributed by atoms with Crippen LogP contribution in [0, 0.1) is 5.41 Å². The molecule has 1 N–H and O–H groups in total. The van der Waals surface area contributed by atoms with Gasteiger partial charge < -0.3 is 0 Å². The van der Waals surface area contributed by atoms with Crippen LogP contribution in [0.2, 0.25) is 0 Å². The van der Waals surface area contributed by atoms with Gasteiger partial charge in [-0.15, -0.1) is 0 Å². The molecule has 0 saturated carbocycles. The minimum absolute atomic E-state index is 0.164. The number of hydrogen-bond acceptors (Lipinski definition) is 6. The summed E-state index contributed by atoms with van der Waals surface area (Å²) in [6.07, 6.45) is 1.88. The van der Waals surface area contributed by atoms with Gasteiger partial charge in [-0.25, -0.2) is 27.2 Å². The maximum Gasteiger partial charge on any atom is 0.224 e. The molecule has 0 spiro atoms. The Bertz CT molecular complexity index is 415. The van der Waals surface area contributed by atoms with E-state index in [9.17, 15) is 16.8 Å². The lowest BCUT2D eigenvalue weighted by atomic mass is 10.4. The summed E-state index contributed by atoms with van der Waals surface area (Å²) in [6, 6.07) is 1.78. The van der Waals surface area contributed by atoms with Crippen LogP contribution in [-0.4, -0.2) is 52.2 Å². The molecule has 0 bridgehead atoms. The zero-order chi connectivity index (χ0) is 12.1. The second kappa shape index (κ2) is 5.36. The van der Waals surface area contributed by atoms with Crippen LogP contribution in [0.25, 0.3) is 0 Å². The van der Waals surface area contributed by atoms with Gasteiger partial charge in [-0.2, -0.15) is 0 Å². The molecule has 0 radical (unpaired) electrons. The second-order valence-corrected chi connectivity index (χ2v) is 6.91. The molecule has 15 heavy (non-hydrogen) atoms. The molecule has 0 aliphatic rings. The van der Waals surface area contributed by atoms with Gasteiger partial charge in [0.2, 0.25) is 20.0 Å². The van der Waals surface area contributed by atoms with E-state index in [1.165, 1.54) is 0 Å². The van der Waals surface area contributed by atoms with Crippen LogP contribution in [0.4, 0.5) is 0 Å². The molecule has 0 heterocycles. The summed E-state index contributed by atoms with van der Waals surface area (Å²) in [5.74, 6) is 0. The molecule has 0 fully saturated rings. The highest BCUT2D eigenvalue weighted by Gasteiger charge is 2.25. The summed E-state index contributed by atoms with van der Waals surface area (Å²) < 4.78 is 44.8. The molecule has 0 aliphatic carbocycles. The predicted molar refractivity (Wildman–Crippen MR) is 56.0 cm³/mol. The molecule has 0 aromatic rings. The van der Waals surface area contributed by atoms with E-state index in [1.807, 2.05) is 0 Å². The Morgan fingerprint density at radius 1 is 1.20 bits per heavy atom. The fraction of sp³-hybridized carbons (Fsp3) is 0.833. The van der Waals surface area contributed by atoms with Gasteiger partial charge in [0.05, 0.1) is 25.1 Å². The Balaban J connectivity index is 4.64. The SMILES string of the molecule is CS(=O)(=O)N(CCCN=C=N)S(C)(=O)=O. The third kappa shape index (κ3) is 5.63. The van der Waals surface area contributed by atoms with E-state index in [0.29, 0.717) is 3.71 Å². The molecule has 0 rings (SSSR count). The van der Waals surface area contributed by atoms with Gasteiger partial charge in [-0.1, -0.05) is 3.71 Å². The largest absolute Gasteiger partial charge is 0.242 e. The first kappa shape index (κ1) is 14.2. The third-order valence-electron chi connectivity index (χ3n) is 1.43.